The van der Waals surface area contributed by atoms with Crippen molar-refractivity contribution in [2.24, 2.45) is 29.6 Å². The fourth-order valence-corrected chi connectivity index (χ4v) is 5.24. The fraction of sp³-hybridized carbons (Fsp3) is 0.548. The van der Waals surface area contributed by atoms with Gasteiger partial charge in [0, 0.05) is 11.8 Å². The molecule has 8 heteroatoms. The third-order valence-corrected chi connectivity index (χ3v) is 8.53. The van der Waals surface area contributed by atoms with E-state index in [4.69, 9.17) is 23.7 Å². The largest absolute Gasteiger partial charge is 0.459 e. The van der Waals surface area contributed by atoms with Gasteiger partial charge in [0.2, 0.25) is 0 Å². The minimum atomic E-state index is -1.01. The van der Waals surface area contributed by atoms with Gasteiger partial charge in [-0.15, -0.1) is 0 Å². The van der Waals surface area contributed by atoms with Crippen LogP contribution >= 0.6 is 0 Å². The van der Waals surface area contributed by atoms with E-state index in [2.05, 4.69) is 20.8 Å². The normalized spacial score (nSPS) is 34.7. The van der Waals surface area contributed by atoms with E-state index in [1.807, 2.05) is 26.0 Å². The van der Waals surface area contributed by atoms with Crippen LogP contribution in [-0.2, 0) is 23.7 Å². The lowest BCUT2D eigenvalue weighted by atomic mass is 9.78. The van der Waals surface area contributed by atoms with E-state index in [0.717, 1.165) is 0 Å². The zero-order valence-electron chi connectivity index (χ0n) is 23.3. The van der Waals surface area contributed by atoms with Gasteiger partial charge in [-0.25, -0.2) is 9.59 Å². The smallest absolute Gasteiger partial charge is 0.338 e. The van der Waals surface area contributed by atoms with E-state index < -0.39 is 36.7 Å². The zero-order chi connectivity index (χ0) is 28.1. The summed E-state index contributed by atoms with van der Waals surface area (Å²) in [7, 11) is 0. The van der Waals surface area contributed by atoms with Crippen LogP contribution in [0.2, 0.25) is 0 Å². The van der Waals surface area contributed by atoms with Gasteiger partial charge in [0.05, 0.1) is 23.3 Å². The maximum absolute atomic E-state index is 12.6. The number of carbonyl (C=O) groups is 2. The van der Waals surface area contributed by atoms with Crippen molar-refractivity contribution in [2.45, 2.75) is 65.5 Å². The Bertz CT molecular complexity index is 1080. The molecule has 0 amide bonds. The van der Waals surface area contributed by atoms with Crippen molar-refractivity contribution in [1.29, 1.82) is 0 Å². The van der Waals surface area contributed by atoms with Gasteiger partial charge in [-0.1, -0.05) is 71.0 Å². The van der Waals surface area contributed by atoms with Crippen LogP contribution in [0.5, 0.6) is 0 Å². The molecular formula is C31H40O8. The van der Waals surface area contributed by atoms with E-state index in [1.54, 1.807) is 48.5 Å². The molecule has 10 atom stereocenters. The summed E-state index contributed by atoms with van der Waals surface area (Å²) < 4.78 is 30.0. The highest BCUT2D eigenvalue weighted by Crippen LogP contribution is 2.39. The summed E-state index contributed by atoms with van der Waals surface area (Å²) in [6.45, 7) is 10.2. The summed E-state index contributed by atoms with van der Waals surface area (Å²) >= 11 is 0. The Morgan fingerprint density at radius 1 is 0.667 bits per heavy atom. The lowest BCUT2D eigenvalue weighted by Crippen LogP contribution is -2.56. The Morgan fingerprint density at radius 3 is 1.72 bits per heavy atom. The summed E-state index contributed by atoms with van der Waals surface area (Å²) in [4.78, 5) is 25.1. The lowest BCUT2D eigenvalue weighted by Gasteiger charge is -2.48. The highest BCUT2D eigenvalue weighted by molar-refractivity contribution is 5.89. The number of hydrogen-bond acceptors (Lipinski definition) is 8. The molecule has 2 aliphatic heterocycles. The van der Waals surface area contributed by atoms with Gasteiger partial charge in [0.25, 0.3) is 0 Å². The molecule has 0 spiro atoms. The maximum Gasteiger partial charge on any atom is 0.338 e. The molecule has 39 heavy (non-hydrogen) atoms. The minimum Gasteiger partial charge on any atom is -0.459 e. The van der Waals surface area contributed by atoms with Crippen LogP contribution in [0.1, 0.15) is 55.3 Å². The molecular weight excluding hydrogens is 500 g/mol. The van der Waals surface area contributed by atoms with Gasteiger partial charge in [0.15, 0.2) is 12.6 Å². The first kappa shape index (κ1) is 29.2. The van der Waals surface area contributed by atoms with Crippen LogP contribution in [-0.4, -0.2) is 61.2 Å². The predicted octanol–water partition coefficient (Wildman–Crippen LogP) is 4.71. The molecule has 0 aliphatic carbocycles. The van der Waals surface area contributed by atoms with Crippen molar-refractivity contribution in [3.05, 3.63) is 71.8 Å². The molecule has 4 rings (SSSR count). The van der Waals surface area contributed by atoms with Crippen LogP contribution in [0, 0.1) is 29.6 Å². The number of ether oxygens (including phenoxy) is 5. The van der Waals surface area contributed by atoms with Crippen molar-refractivity contribution in [3.63, 3.8) is 0 Å². The molecule has 10 unspecified atom stereocenters. The van der Waals surface area contributed by atoms with E-state index in [1.165, 1.54) is 0 Å². The van der Waals surface area contributed by atoms with Crippen LogP contribution in [0.3, 0.4) is 0 Å². The summed E-state index contributed by atoms with van der Waals surface area (Å²) in [6.07, 6.45) is -3.13. The molecule has 0 radical (unpaired) electrons. The molecule has 212 valence electrons. The molecule has 2 fully saturated rings. The van der Waals surface area contributed by atoms with Gasteiger partial charge >= 0.3 is 11.9 Å². The standard InChI is InChI=1S/C31H40O8/c1-18-19(2)25(16-35-29(33)23-12-8-6-9-13-23)38-31(22(18)5)39-27-20(3)21(4)28(32)37-26(27)17-36-30(34)24-14-10-7-11-15-24/h6-15,18-22,25-28,31-32H,16-17H2,1-5H3. The zero-order valence-corrected chi connectivity index (χ0v) is 23.3. The SMILES string of the molecule is CC1C(O)OC(COC(=O)c2ccccc2)C(OC2OC(COC(=O)c3ccccc3)C(C)C(C)C2C)C1C. The third-order valence-electron chi connectivity index (χ3n) is 8.53. The van der Waals surface area contributed by atoms with E-state index >= 15 is 0 Å². The van der Waals surface area contributed by atoms with Crippen molar-refractivity contribution in [1.82, 2.24) is 0 Å². The van der Waals surface area contributed by atoms with Gasteiger partial charge in [-0.2, -0.15) is 0 Å². The third kappa shape index (κ3) is 6.87. The van der Waals surface area contributed by atoms with Gasteiger partial charge in [0.1, 0.15) is 19.3 Å². The summed E-state index contributed by atoms with van der Waals surface area (Å²) in [5, 5.41) is 10.5. The van der Waals surface area contributed by atoms with Crippen LogP contribution in [0.4, 0.5) is 0 Å². The summed E-state index contributed by atoms with van der Waals surface area (Å²) in [5.41, 5.74) is 0.927. The Labute approximate surface area is 230 Å². The summed E-state index contributed by atoms with van der Waals surface area (Å²) in [6, 6.07) is 17.6. The molecule has 8 nitrogen and oxygen atoms in total. The first-order chi connectivity index (χ1) is 18.7. The Morgan fingerprint density at radius 2 is 1.18 bits per heavy atom. The topological polar surface area (TPSA) is 101 Å². The first-order valence-electron chi connectivity index (χ1n) is 13.8. The molecule has 0 saturated carbocycles. The number of hydrogen-bond donors (Lipinski definition) is 1. The molecule has 2 aromatic carbocycles. The first-order valence-corrected chi connectivity index (χ1v) is 13.8. The molecule has 2 saturated heterocycles. The van der Waals surface area contributed by atoms with Gasteiger partial charge in [-0.05, 0) is 42.0 Å². The van der Waals surface area contributed by atoms with E-state index in [-0.39, 0.29) is 48.9 Å². The number of aliphatic hydroxyl groups is 1. The molecule has 1 N–H and O–H groups in total. The van der Waals surface area contributed by atoms with Crippen molar-refractivity contribution in [3.8, 4) is 0 Å². The lowest BCUT2D eigenvalue weighted by molar-refractivity contribution is -0.322. The number of carbonyl (C=O) groups excluding carboxylic acids is 2. The monoisotopic (exact) mass is 540 g/mol. The average molecular weight is 541 g/mol. The second kappa shape index (κ2) is 13.0. The van der Waals surface area contributed by atoms with Crippen molar-refractivity contribution >= 4 is 11.9 Å². The Hall–Kier alpha value is -2.78. The Balaban J connectivity index is 1.43. The van der Waals surface area contributed by atoms with Crippen molar-refractivity contribution in [2.75, 3.05) is 13.2 Å². The second-order valence-corrected chi connectivity index (χ2v) is 10.9. The molecule has 0 aromatic heterocycles. The molecule has 2 heterocycles. The Kier molecular flexibility index (Phi) is 9.77. The quantitative estimate of drug-likeness (QED) is 0.481. The molecule has 0 bridgehead atoms. The number of esters is 2. The van der Waals surface area contributed by atoms with Gasteiger partial charge < -0.3 is 28.8 Å². The molecule has 2 aliphatic rings. The maximum atomic E-state index is 12.6. The van der Waals surface area contributed by atoms with E-state index in [0.29, 0.717) is 11.1 Å². The van der Waals surface area contributed by atoms with Gasteiger partial charge in [-0.3, -0.25) is 0 Å². The highest BCUT2D eigenvalue weighted by atomic mass is 16.7. The second-order valence-electron chi connectivity index (χ2n) is 10.9. The predicted molar refractivity (Wildman–Crippen MR) is 144 cm³/mol. The van der Waals surface area contributed by atoms with Crippen LogP contribution in [0.25, 0.3) is 0 Å². The minimum absolute atomic E-state index is 0.0444. The fourth-order valence-electron chi connectivity index (χ4n) is 5.24. The molecule has 2 aromatic rings. The van der Waals surface area contributed by atoms with Crippen LogP contribution < -0.4 is 0 Å². The van der Waals surface area contributed by atoms with Crippen LogP contribution in [0.15, 0.2) is 60.7 Å². The number of rotatable bonds is 8. The van der Waals surface area contributed by atoms with E-state index in [9.17, 15) is 14.7 Å². The average Bonchev–Trinajstić information content (AvgIpc) is 2.96. The number of benzene rings is 2. The summed E-state index contributed by atoms with van der Waals surface area (Å²) in [5.74, 6) is -0.768. The number of aliphatic hydroxyl groups excluding tert-OH is 1. The van der Waals surface area contributed by atoms with Crippen molar-refractivity contribution < 1.29 is 38.4 Å². The highest BCUT2D eigenvalue weighted by Gasteiger charge is 2.47.